The van der Waals surface area contributed by atoms with Crippen LogP contribution in [0.15, 0.2) is 97.1 Å². The van der Waals surface area contributed by atoms with E-state index in [9.17, 15) is 0 Å². The molecule has 0 bridgehead atoms. The zero-order chi connectivity index (χ0) is 27.6. The Morgan fingerprint density at radius 3 is 1.00 bits per heavy atom. The predicted octanol–water partition coefficient (Wildman–Crippen LogP) is 7.01. The number of benzene rings is 4. The lowest BCUT2D eigenvalue weighted by molar-refractivity contribution is -0.142. The smallest absolute Gasteiger partial charge is 0.163 e. The van der Waals surface area contributed by atoms with E-state index in [2.05, 4.69) is 139 Å². The molecule has 0 aliphatic carbocycles. The van der Waals surface area contributed by atoms with Gasteiger partial charge in [0, 0.05) is 12.3 Å². The van der Waals surface area contributed by atoms with Gasteiger partial charge in [-0.2, -0.15) is 0 Å². The van der Waals surface area contributed by atoms with Gasteiger partial charge < -0.3 is 9.47 Å². The summed E-state index contributed by atoms with van der Waals surface area (Å²) in [5.41, 5.74) is 5.40. The largest absolute Gasteiger partial charge is 0.344 e. The Balaban J connectivity index is 1.53. The van der Waals surface area contributed by atoms with E-state index in [1.165, 1.54) is 43.5 Å². The summed E-state index contributed by atoms with van der Waals surface area (Å²) >= 11 is 0. The fourth-order valence-corrected chi connectivity index (χ4v) is 11.4. The minimum Gasteiger partial charge on any atom is -0.344 e. The van der Waals surface area contributed by atoms with Gasteiger partial charge >= 0.3 is 0 Å². The normalized spacial score (nSPS) is 18.7. The van der Waals surface area contributed by atoms with Crippen LogP contribution in [0.4, 0.5) is 0 Å². The molecule has 1 heterocycles. The molecule has 2 nitrogen and oxygen atoms in total. The zero-order valence-electron chi connectivity index (χ0n) is 24.0. The Morgan fingerprint density at radius 1 is 0.487 bits per heavy atom. The van der Waals surface area contributed by atoms with E-state index in [4.69, 9.17) is 9.47 Å². The van der Waals surface area contributed by atoms with Crippen molar-refractivity contribution >= 4 is 37.1 Å². The Labute approximate surface area is 237 Å². The molecule has 4 aromatic rings. The molecule has 1 fully saturated rings. The van der Waals surface area contributed by atoms with Gasteiger partial charge in [0.15, 0.2) is 5.79 Å². The van der Waals surface area contributed by atoms with Crippen molar-refractivity contribution in [3.05, 3.63) is 119 Å². The van der Waals surface area contributed by atoms with E-state index in [0.29, 0.717) is 0 Å². The molecular formula is C35H40O2P2. The highest BCUT2D eigenvalue weighted by Gasteiger charge is 2.44. The third-order valence-electron chi connectivity index (χ3n) is 7.64. The average Bonchev–Trinajstić information content (AvgIpc) is 3.20. The summed E-state index contributed by atoms with van der Waals surface area (Å²) in [6.07, 6.45) is 1.93. The first-order chi connectivity index (χ1) is 18.7. The van der Waals surface area contributed by atoms with Crippen LogP contribution < -0.4 is 21.2 Å². The zero-order valence-corrected chi connectivity index (χ0v) is 25.8. The first-order valence-corrected chi connectivity index (χ1v) is 16.9. The molecule has 2 atom stereocenters. The molecule has 4 aromatic carbocycles. The van der Waals surface area contributed by atoms with E-state index < -0.39 is 21.6 Å². The molecule has 0 spiro atoms. The second-order valence-electron chi connectivity index (χ2n) is 11.1. The quantitative estimate of drug-likeness (QED) is 0.218. The number of hydrogen-bond donors (Lipinski definition) is 0. The molecule has 39 heavy (non-hydrogen) atoms. The van der Waals surface area contributed by atoms with Crippen LogP contribution in [0.3, 0.4) is 0 Å². The molecule has 0 amide bonds. The highest BCUT2D eigenvalue weighted by atomic mass is 31.1. The molecule has 0 aromatic heterocycles. The summed E-state index contributed by atoms with van der Waals surface area (Å²) in [6.45, 7) is 13.1. The van der Waals surface area contributed by atoms with Crippen LogP contribution in [0.1, 0.15) is 36.1 Å². The molecule has 1 aliphatic heterocycles. The van der Waals surface area contributed by atoms with Gasteiger partial charge in [-0.15, -0.1) is 0 Å². The summed E-state index contributed by atoms with van der Waals surface area (Å²) in [6, 6.07) is 35.5. The van der Waals surface area contributed by atoms with Gasteiger partial charge in [-0.3, -0.25) is 0 Å². The molecule has 4 heteroatoms. The van der Waals surface area contributed by atoms with Crippen molar-refractivity contribution in [2.24, 2.45) is 0 Å². The summed E-state index contributed by atoms with van der Waals surface area (Å²) in [4.78, 5) is 0. The maximum Gasteiger partial charge on any atom is 0.163 e. The van der Waals surface area contributed by atoms with Crippen LogP contribution in [-0.4, -0.2) is 30.3 Å². The average molecular weight is 555 g/mol. The van der Waals surface area contributed by atoms with Crippen LogP contribution in [0.2, 0.25) is 0 Å². The van der Waals surface area contributed by atoms with Gasteiger partial charge in [0.1, 0.15) is 0 Å². The molecule has 0 radical (unpaired) electrons. The molecule has 0 saturated carbocycles. The monoisotopic (exact) mass is 554 g/mol. The Morgan fingerprint density at radius 2 is 0.744 bits per heavy atom. The first kappa shape index (κ1) is 28.2. The first-order valence-electron chi connectivity index (χ1n) is 13.9. The highest BCUT2D eigenvalue weighted by Crippen LogP contribution is 2.45. The van der Waals surface area contributed by atoms with Crippen molar-refractivity contribution in [1.82, 2.24) is 0 Å². The minimum absolute atomic E-state index is 0.0170. The molecule has 0 N–H and O–H groups in total. The molecular weight excluding hydrogens is 514 g/mol. The lowest BCUT2D eigenvalue weighted by Crippen LogP contribution is -2.34. The number of hydrogen-bond acceptors (Lipinski definition) is 2. The number of aryl methyl sites for hydroxylation is 4. The Bertz CT molecular complexity index is 1230. The van der Waals surface area contributed by atoms with E-state index in [1.54, 1.807) is 0 Å². The lowest BCUT2D eigenvalue weighted by atomic mass is 10.2. The summed E-state index contributed by atoms with van der Waals surface area (Å²) < 4.78 is 13.5. The van der Waals surface area contributed by atoms with Crippen LogP contribution in [0.5, 0.6) is 0 Å². The fraction of sp³-hybridized carbons (Fsp3) is 0.314. The standard InChI is InChI=1S/C35H40O2P2/c1-25-15-7-11-19-31(25)38(32-20-12-8-16-26(32)2)23-29-30(37-35(5,6)36-29)24-39(33-21-13-9-17-27(33)3)34-22-14-10-18-28(34)4/h7-22,29-30H,23-24H2,1-6H3/t29-,30-/m0/s1. The van der Waals surface area contributed by atoms with Crippen LogP contribution in [0, 0.1) is 27.7 Å². The maximum atomic E-state index is 6.75. The third kappa shape index (κ3) is 6.37. The van der Waals surface area contributed by atoms with Gasteiger partial charge in [0.25, 0.3) is 0 Å². The van der Waals surface area contributed by atoms with E-state index in [1.807, 2.05) is 0 Å². The fourth-order valence-electron chi connectivity index (χ4n) is 5.70. The molecule has 1 aliphatic rings. The second kappa shape index (κ2) is 12.0. The summed E-state index contributed by atoms with van der Waals surface area (Å²) in [5.74, 6) is -0.605. The van der Waals surface area contributed by atoms with Gasteiger partial charge in [0.2, 0.25) is 0 Å². The van der Waals surface area contributed by atoms with E-state index >= 15 is 0 Å². The van der Waals surface area contributed by atoms with Crippen molar-refractivity contribution in [3.8, 4) is 0 Å². The SMILES string of the molecule is Cc1ccccc1P(C[C@@H]1OC(C)(C)O[C@H]1CP(c1ccccc1C)c1ccccc1C)c1ccccc1C. The highest BCUT2D eigenvalue weighted by molar-refractivity contribution is 7.73. The second-order valence-corrected chi connectivity index (χ2v) is 15.4. The van der Waals surface area contributed by atoms with E-state index in [-0.39, 0.29) is 12.2 Å². The molecule has 5 rings (SSSR count). The van der Waals surface area contributed by atoms with Crippen molar-refractivity contribution in [3.63, 3.8) is 0 Å². The molecule has 202 valence electrons. The number of ether oxygens (including phenoxy) is 2. The van der Waals surface area contributed by atoms with Crippen LogP contribution in [-0.2, 0) is 9.47 Å². The van der Waals surface area contributed by atoms with Gasteiger partial charge in [-0.1, -0.05) is 97.1 Å². The van der Waals surface area contributed by atoms with Crippen molar-refractivity contribution in [2.75, 3.05) is 12.3 Å². The van der Waals surface area contributed by atoms with Crippen LogP contribution >= 0.6 is 15.8 Å². The van der Waals surface area contributed by atoms with Crippen molar-refractivity contribution in [1.29, 1.82) is 0 Å². The summed E-state index contributed by atoms with van der Waals surface area (Å²) in [5, 5.41) is 5.76. The van der Waals surface area contributed by atoms with Gasteiger partial charge in [-0.05, 0) is 101 Å². The topological polar surface area (TPSA) is 18.5 Å². The van der Waals surface area contributed by atoms with Crippen LogP contribution in [0.25, 0.3) is 0 Å². The maximum absolute atomic E-state index is 6.75. The van der Waals surface area contributed by atoms with Gasteiger partial charge in [-0.25, -0.2) is 0 Å². The van der Waals surface area contributed by atoms with E-state index in [0.717, 1.165) is 12.3 Å². The van der Waals surface area contributed by atoms with Crippen molar-refractivity contribution in [2.45, 2.75) is 59.5 Å². The number of rotatable bonds is 8. The van der Waals surface area contributed by atoms with Gasteiger partial charge in [0.05, 0.1) is 12.2 Å². The Hall–Kier alpha value is -2.34. The molecule has 0 unspecified atom stereocenters. The predicted molar refractivity (Wildman–Crippen MR) is 171 cm³/mol. The molecule has 1 saturated heterocycles. The summed E-state index contributed by atoms with van der Waals surface area (Å²) in [7, 11) is -1.23. The third-order valence-corrected chi connectivity index (χ3v) is 13.4. The Kier molecular flexibility index (Phi) is 8.70. The minimum atomic E-state index is -0.615. The van der Waals surface area contributed by atoms with Crippen molar-refractivity contribution < 1.29 is 9.47 Å². The lowest BCUT2D eigenvalue weighted by Gasteiger charge is -2.29.